The number of anilines is 2. The molecule has 16 heteroatoms. The third kappa shape index (κ3) is 6.89. The summed E-state index contributed by atoms with van der Waals surface area (Å²) in [6.45, 7) is 5.05. The predicted octanol–water partition coefficient (Wildman–Crippen LogP) is 4.20. The molecular formula is C30H30F2N8O5S. The first-order valence-corrected chi connectivity index (χ1v) is 15.9. The second-order valence-corrected chi connectivity index (χ2v) is 13.0. The van der Waals surface area contributed by atoms with Crippen LogP contribution in [0.5, 0.6) is 0 Å². The van der Waals surface area contributed by atoms with Crippen LogP contribution in [0.4, 0.5) is 25.2 Å². The number of nitrogens with one attached hydrogen (secondary N) is 2. The van der Waals surface area contributed by atoms with Gasteiger partial charge in [0.2, 0.25) is 16.0 Å². The number of rotatable bonds is 8. The van der Waals surface area contributed by atoms with Gasteiger partial charge in [-0.05, 0) is 50.1 Å². The largest absolute Gasteiger partial charge is 0.465 e. The number of carbonyl (C=O) groups is 1. The van der Waals surface area contributed by atoms with Crippen LogP contribution in [0, 0.1) is 24.1 Å². The topological polar surface area (TPSA) is 183 Å². The molecule has 46 heavy (non-hydrogen) atoms. The van der Waals surface area contributed by atoms with E-state index in [1.165, 1.54) is 29.0 Å². The maximum Gasteiger partial charge on any atom is 0.407 e. The molecule has 0 unspecified atom stereocenters. The second kappa shape index (κ2) is 12.7. The van der Waals surface area contributed by atoms with Crippen LogP contribution in [0.1, 0.15) is 43.0 Å². The van der Waals surface area contributed by atoms with E-state index in [1.807, 2.05) is 6.07 Å². The summed E-state index contributed by atoms with van der Waals surface area (Å²) in [4.78, 5) is 39.0. The lowest BCUT2D eigenvalue weighted by Crippen LogP contribution is -2.49. The van der Waals surface area contributed by atoms with Crippen molar-refractivity contribution in [3.05, 3.63) is 75.5 Å². The summed E-state index contributed by atoms with van der Waals surface area (Å²) in [7, 11) is -4.11. The Kier molecular flexibility index (Phi) is 8.88. The first kappa shape index (κ1) is 32.2. The molecule has 3 heterocycles. The van der Waals surface area contributed by atoms with Gasteiger partial charge in [-0.25, -0.2) is 32.0 Å². The number of hydrogen-bond donors (Lipinski definition) is 3. The minimum absolute atomic E-state index is 0.0237. The average Bonchev–Trinajstić information content (AvgIpc) is 2.98. The van der Waals surface area contributed by atoms with E-state index in [1.54, 1.807) is 32.9 Å². The number of aryl methyl sites for hydroxylation is 1. The molecule has 1 aliphatic heterocycles. The zero-order chi connectivity index (χ0) is 33.3. The van der Waals surface area contributed by atoms with E-state index in [9.17, 15) is 32.8 Å². The van der Waals surface area contributed by atoms with Gasteiger partial charge in [0, 0.05) is 30.6 Å². The van der Waals surface area contributed by atoms with Gasteiger partial charge in [-0.15, -0.1) is 0 Å². The van der Waals surface area contributed by atoms with Crippen LogP contribution in [-0.2, 0) is 15.8 Å². The molecule has 2 aromatic heterocycles. The Morgan fingerprint density at radius 3 is 2.63 bits per heavy atom. The Bertz CT molecular complexity index is 2050. The fourth-order valence-corrected chi connectivity index (χ4v) is 6.53. The molecule has 1 aliphatic rings. The molecule has 4 aromatic rings. The highest BCUT2D eigenvalue weighted by Crippen LogP contribution is 2.26. The number of hydrogen-bond acceptors (Lipinski definition) is 9. The molecule has 1 saturated heterocycles. The number of aromatic nitrogens is 4. The number of likely N-dealkylation sites (tertiary alicyclic amines) is 1. The van der Waals surface area contributed by atoms with Crippen LogP contribution in [0.25, 0.3) is 22.4 Å². The quantitative estimate of drug-likeness (QED) is 0.249. The van der Waals surface area contributed by atoms with E-state index in [4.69, 9.17) is 0 Å². The number of benzene rings is 2. The van der Waals surface area contributed by atoms with Gasteiger partial charge in [0.15, 0.2) is 5.65 Å². The smallest absolute Gasteiger partial charge is 0.407 e. The number of carboxylic acid groups (broad SMARTS) is 1. The molecule has 3 N–H and O–H groups in total. The monoisotopic (exact) mass is 652 g/mol. The van der Waals surface area contributed by atoms with E-state index >= 15 is 4.39 Å². The molecule has 0 radical (unpaired) electrons. The third-order valence-corrected chi connectivity index (χ3v) is 8.61. The van der Waals surface area contributed by atoms with Crippen molar-refractivity contribution in [1.82, 2.24) is 24.4 Å². The lowest BCUT2D eigenvalue weighted by molar-refractivity contribution is 0.102. The van der Waals surface area contributed by atoms with Gasteiger partial charge in [-0.1, -0.05) is 18.2 Å². The van der Waals surface area contributed by atoms with E-state index in [-0.39, 0.29) is 64.7 Å². The summed E-state index contributed by atoms with van der Waals surface area (Å²) in [5.74, 6) is -1.45. The van der Waals surface area contributed by atoms with Crippen molar-refractivity contribution in [1.29, 1.82) is 5.26 Å². The number of halogens is 2. The van der Waals surface area contributed by atoms with Crippen LogP contribution >= 0.6 is 0 Å². The predicted molar refractivity (Wildman–Crippen MR) is 166 cm³/mol. The van der Waals surface area contributed by atoms with E-state index in [0.717, 1.165) is 16.5 Å². The van der Waals surface area contributed by atoms with Gasteiger partial charge in [0.25, 0.3) is 5.56 Å². The molecular weight excluding hydrogens is 622 g/mol. The summed E-state index contributed by atoms with van der Waals surface area (Å²) in [5, 5.41) is 21.6. The van der Waals surface area contributed by atoms with Gasteiger partial charge in [-0.2, -0.15) is 10.2 Å². The van der Waals surface area contributed by atoms with Crippen molar-refractivity contribution < 1.29 is 27.1 Å². The lowest BCUT2D eigenvalue weighted by atomic mass is 10.0. The molecule has 0 saturated carbocycles. The standard InChI is InChI=1S/C30H30F2N8O5S/c1-16(2)40-27-25(12-34-29(37-27)35-22-10-21(31)13-39(14-22)30(42)43)36-26(28(40)41)18-6-7-24(23(32)9-18)38-46(44,45)15-19-5-4-17(3)8-20(19)11-33/h4-9,12,16,21-22,38H,10,13-15H2,1-3H3,(H,42,43)(H,34,35,37)/t21-,22-/m0/s1. The van der Waals surface area contributed by atoms with Crippen molar-refractivity contribution in [2.75, 3.05) is 23.1 Å². The molecule has 13 nitrogen and oxygen atoms in total. The second-order valence-electron chi connectivity index (χ2n) is 11.3. The Morgan fingerprint density at radius 1 is 1.20 bits per heavy atom. The Labute approximate surface area is 262 Å². The molecule has 1 amide bonds. The number of amides is 1. The molecule has 2 aromatic carbocycles. The first-order valence-electron chi connectivity index (χ1n) is 14.2. The molecule has 240 valence electrons. The number of fused-ring (bicyclic) bond motifs is 1. The molecule has 2 atom stereocenters. The van der Waals surface area contributed by atoms with E-state index < -0.39 is 51.5 Å². The highest BCUT2D eigenvalue weighted by atomic mass is 32.2. The van der Waals surface area contributed by atoms with Gasteiger partial charge in [0.05, 0.1) is 35.8 Å². The molecule has 0 bridgehead atoms. The summed E-state index contributed by atoms with van der Waals surface area (Å²) in [5.41, 5.74) is 0.621. The van der Waals surface area contributed by atoms with Crippen LogP contribution in [-0.4, -0.2) is 69.3 Å². The lowest BCUT2D eigenvalue weighted by Gasteiger charge is -2.33. The van der Waals surface area contributed by atoms with Crippen LogP contribution in [0.2, 0.25) is 0 Å². The summed E-state index contributed by atoms with van der Waals surface area (Å²) < 4.78 is 58.7. The van der Waals surface area contributed by atoms with Crippen molar-refractivity contribution in [2.24, 2.45) is 0 Å². The Balaban J connectivity index is 1.43. The van der Waals surface area contributed by atoms with Crippen LogP contribution in [0.3, 0.4) is 0 Å². The Morgan fingerprint density at radius 2 is 1.96 bits per heavy atom. The highest BCUT2D eigenvalue weighted by molar-refractivity contribution is 7.91. The van der Waals surface area contributed by atoms with Crippen LogP contribution < -0.4 is 15.6 Å². The van der Waals surface area contributed by atoms with Crippen molar-refractivity contribution >= 4 is 38.9 Å². The van der Waals surface area contributed by atoms with Gasteiger partial charge >= 0.3 is 6.09 Å². The van der Waals surface area contributed by atoms with Crippen molar-refractivity contribution in [3.63, 3.8) is 0 Å². The number of alkyl halides is 1. The molecule has 5 rings (SSSR count). The average molecular weight is 653 g/mol. The minimum Gasteiger partial charge on any atom is -0.465 e. The summed E-state index contributed by atoms with van der Waals surface area (Å²) in [6, 6.07) is 9.24. The van der Waals surface area contributed by atoms with E-state index in [2.05, 4.69) is 25.0 Å². The molecule has 0 aliphatic carbocycles. The number of nitrogens with zero attached hydrogens (tertiary/aromatic N) is 6. The maximum absolute atomic E-state index is 15.3. The fourth-order valence-electron chi connectivity index (χ4n) is 5.29. The van der Waals surface area contributed by atoms with Gasteiger partial charge in [-0.3, -0.25) is 14.1 Å². The minimum atomic E-state index is -4.11. The van der Waals surface area contributed by atoms with Crippen molar-refractivity contribution in [2.45, 2.75) is 51.2 Å². The normalized spacial score (nSPS) is 16.8. The number of piperidine rings is 1. The number of sulfonamides is 1. The molecule has 1 fully saturated rings. The molecule has 0 spiro atoms. The summed E-state index contributed by atoms with van der Waals surface area (Å²) >= 11 is 0. The Hall–Kier alpha value is -5.17. The number of nitriles is 1. The maximum atomic E-state index is 15.3. The fraction of sp³-hybridized carbons (Fsp3) is 0.333. The summed E-state index contributed by atoms with van der Waals surface area (Å²) in [6.07, 6.45) is -1.22. The van der Waals surface area contributed by atoms with Gasteiger partial charge in [0.1, 0.15) is 23.2 Å². The highest BCUT2D eigenvalue weighted by Gasteiger charge is 2.30. The van der Waals surface area contributed by atoms with Gasteiger partial charge < -0.3 is 15.3 Å². The first-order chi connectivity index (χ1) is 21.7. The zero-order valence-electron chi connectivity index (χ0n) is 25.0. The third-order valence-electron chi connectivity index (χ3n) is 7.39. The zero-order valence-corrected chi connectivity index (χ0v) is 25.8. The van der Waals surface area contributed by atoms with E-state index in [0.29, 0.717) is 0 Å². The van der Waals surface area contributed by atoms with Crippen LogP contribution in [0.15, 0.2) is 47.4 Å². The van der Waals surface area contributed by atoms with Crippen molar-refractivity contribution in [3.8, 4) is 17.3 Å². The SMILES string of the molecule is Cc1ccc(CS(=O)(=O)Nc2ccc(-c3nc4cnc(N[C@H]5C[C@H](F)CN(C(=O)O)C5)nc4n(C(C)C)c3=O)cc2F)c(C#N)c1.